The lowest BCUT2D eigenvalue weighted by Crippen LogP contribution is -2.23. The number of thioether (sulfide) groups is 1. The zero-order chi connectivity index (χ0) is 17.1. The summed E-state index contributed by atoms with van der Waals surface area (Å²) in [5.41, 5.74) is 3.96. The molecule has 1 amide bonds. The standard InChI is InChI=1S/C18H16N4OS/c1-11-7-8-15-16(9-11)22-18(21-15)24-12(2)17(23)20-14-6-4-3-5-13(14)10-19/h3-9,12H,1-2H3,(H,20,23)(H,21,22)/t12-/m1/s1. The van der Waals surface area contributed by atoms with E-state index in [1.165, 1.54) is 11.8 Å². The number of para-hydroxylation sites is 1. The first-order valence-corrected chi connectivity index (χ1v) is 8.38. The summed E-state index contributed by atoms with van der Waals surface area (Å²) in [6, 6.07) is 15.0. The van der Waals surface area contributed by atoms with Gasteiger partial charge in [0.05, 0.1) is 27.5 Å². The number of imidazole rings is 1. The number of benzene rings is 2. The number of fused-ring (bicyclic) bond motifs is 1. The van der Waals surface area contributed by atoms with E-state index in [4.69, 9.17) is 5.26 Å². The molecule has 3 aromatic rings. The number of carbonyl (C=O) groups excluding carboxylic acids is 1. The van der Waals surface area contributed by atoms with Gasteiger partial charge in [0.1, 0.15) is 6.07 Å². The molecule has 0 radical (unpaired) electrons. The molecule has 0 bridgehead atoms. The molecule has 0 aliphatic carbocycles. The average Bonchev–Trinajstić information content (AvgIpc) is 2.96. The SMILES string of the molecule is Cc1ccc2nc(S[C@H](C)C(=O)Nc3ccccc3C#N)[nH]c2c1. The summed E-state index contributed by atoms with van der Waals surface area (Å²) >= 11 is 1.35. The first-order chi connectivity index (χ1) is 11.6. The number of hydrogen-bond acceptors (Lipinski definition) is 4. The summed E-state index contributed by atoms with van der Waals surface area (Å²) in [5, 5.41) is 12.2. The van der Waals surface area contributed by atoms with Gasteiger partial charge >= 0.3 is 0 Å². The highest BCUT2D eigenvalue weighted by atomic mass is 32.2. The summed E-state index contributed by atoms with van der Waals surface area (Å²) in [5.74, 6) is -0.167. The Kier molecular flexibility index (Phi) is 4.54. The van der Waals surface area contributed by atoms with Gasteiger partial charge in [0.2, 0.25) is 5.91 Å². The van der Waals surface area contributed by atoms with Gasteiger partial charge in [-0.1, -0.05) is 30.0 Å². The van der Waals surface area contributed by atoms with E-state index in [0.717, 1.165) is 16.6 Å². The highest BCUT2D eigenvalue weighted by molar-refractivity contribution is 8.00. The number of carbonyl (C=O) groups is 1. The lowest BCUT2D eigenvalue weighted by molar-refractivity contribution is -0.115. The van der Waals surface area contributed by atoms with Gasteiger partial charge in [0.25, 0.3) is 0 Å². The average molecular weight is 336 g/mol. The first kappa shape index (κ1) is 16.1. The number of aromatic nitrogens is 2. The number of aryl methyl sites for hydroxylation is 1. The van der Waals surface area contributed by atoms with Crippen molar-refractivity contribution in [1.82, 2.24) is 9.97 Å². The third-order valence-corrected chi connectivity index (χ3v) is 4.56. The molecule has 0 aliphatic rings. The van der Waals surface area contributed by atoms with E-state index in [0.29, 0.717) is 16.4 Å². The summed E-state index contributed by atoms with van der Waals surface area (Å²) in [6.07, 6.45) is 0. The number of rotatable bonds is 4. The molecule has 1 atom stereocenters. The summed E-state index contributed by atoms with van der Waals surface area (Å²) in [4.78, 5) is 20.1. The Labute approximate surface area is 144 Å². The fraction of sp³-hybridized carbons (Fsp3) is 0.167. The maximum atomic E-state index is 12.4. The zero-order valence-electron chi connectivity index (χ0n) is 13.3. The van der Waals surface area contributed by atoms with Crippen molar-refractivity contribution in [2.75, 3.05) is 5.32 Å². The summed E-state index contributed by atoms with van der Waals surface area (Å²) in [6.45, 7) is 3.84. The Balaban J connectivity index is 1.72. The van der Waals surface area contributed by atoms with Gasteiger partial charge in [0, 0.05) is 0 Å². The van der Waals surface area contributed by atoms with E-state index in [-0.39, 0.29) is 11.2 Å². The molecule has 5 nitrogen and oxygen atoms in total. The van der Waals surface area contributed by atoms with Crippen LogP contribution in [0.2, 0.25) is 0 Å². The van der Waals surface area contributed by atoms with Crippen LogP contribution >= 0.6 is 11.8 Å². The minimum atomic E-state index is -0.349. The molecule has 2 aromatic carbocycles. The lowest BCUT2D eigenvalue weighted by atomic mass is 10.2. The Morgan fingerprint density at radius 3 is 2.92 bits per heavy atom. The van der Waals surface area contributed by atoms with Crippen LogP contribution in [0.5, 0.6) is 0 Å². The zero-order valence-corrected chi connectivity index (χ0v) is 14.1. The van der Waals surface area contributed by atoms with Crippen LogP contribution in [-0.2, 0) is 4.79 Å². The van der Waals surface area contributed by atoms with E-state index in [1.54, 1.807) is 24.3 Å². The van der Waals surface area contributed by atoms with Crippen LogP contribution in [-0.4, -0.2) is 21.1 Å². The number of nitrogens with one attached hydrogen (secondary N) is 2. The second kappa shape index (κ2) is 6.77. The molecular formula is C18H16N4OS. The van der Waals surface area contributed by atoms with Crippen molar-refractivity contribution in [2.45, 2.75) is 24.3 Å². The third kappa shape index (κ3) is 3.42. The molecule has 6 heteroatoms. The van der Waals surface area contributed by atoms with Crippen LogP contribution in [0.15, 0.2) is 47.6 Å². The van der Waals surface area contributed by atoms with Crippen LogP contribution in [0.4, 0.5) is 5.69 Å². The molecule has 0 saturated heterocycles. The van der Waals surface area contributed by atoms with Gasteiger partial charge in [-0.3, -0.25) is 4.79 Å². The summed E-state index contributed by atoms with van der Waals surface area (Å²) in [7, 11) is 0. The highest BCUT2D eigenvalue weighted by Gasteiger charge is 2.17. The van der Waals surface area contributed by atoms with Crippen molar-refractivity contribution in [1.29, 1.82) is 5.26 Å². The fourth-order valence-electron chi connectivity index (χ4n) is 2.30. The number of hydrogen-bond donors (Lipinski definition) is 2. The van der Waals surface area contributed by atoms with Gasteiger partial charge in [0.15, 0.2) is 5.16 Å². The molecule has 24 heavy (non-hydrogen) atoms. The fourth-order valence-corrected chi connectivity index (χ4v) is 3.12. The Bertz CT molecular complexity index is 942. The molecule has 120 valence electrons. The predicted molar refractivity (Wildman–Crippen MR) is 95.9 cm³/mol. The Morgan fingerprint density at radius 2 is 2.12 bits per heavy atom. The van der Waals surface area contributed by atoms with Crippen LogP contribution in [0.3, 0.4) is 0 Å². The van der Waals surface area contributed by atoms with E-state index in [1.807, 2.05) is 32.0 Å². The predicted octanol–water partition coefficient (Wildman–Crippen LogP) is 3.86. The molecule has 2 N–H and O–H groups in total. The molecule has 0 aliphatic heterocycles. The monoisotopic (exact) mass is 336 g/mol. The highest BCUT2D eigenvalue weighted by Crippen LogP contribution is 2.25. The van der Waals surface area contributed by atoms with E-state index >= 15 is 0 Å². The van der Waals surface area contributed by atoms with Crippen molar-refractivity contribution in [3.63, 3.8) is 0 Å². The first-order valence-electron chi connectivity index (χ1n) is 7.50. The van der Waals surface area contributed by atoms with Gasteiger partial charge in [-0.25, -0.2) is 4.98 Å². The molecule has 1 heterocycles. The molecule has 0 saturated carbocycles. The van der Waals surface area contributed by atoms with Gasteiger partial charge in [-0.15, -0.1) is 0 Å². The molecular weight excluding hydrogens is 320 g/mol. The Morgan fingerprint density at radius 1 is 1.33 bits per heavy atom. The number of H-pyrrole nitrogens is 1. The minimum absolute atomic E-state index is 0.167. The molecule has 1 aromatic heterocycles. The number of aromatic amines is 1. The number of nitrogens with zero attached hydrogens (tertiary/aromatic N) is 2. The maximum Gasteiger partial charge on any atom is 0.237 e. The summed E-state index contributed by atoms with van der Waals surface area (Å²) < 4.78 is 0. The minimum Gasteiger partial charge on any atom is -0.333 e. The molecule has 0 spiro atoms. The normalized spacial score (nSPS) is 11.9. The van der Waals surface area contributed by atoms with Crippen LogP contribution < -0.4 is 5.32 Å². The second-order valence-corrected chi connectivity index (χ2v) is 6.80. The topological polar surface area (TPSA) is 81.6 Å². The number of amides is 1. The van der Waals surface area contributed by atoms with Crippen molar-refractivity contribution >= 4 is 34.4 Å². The largest absolute Gasteiger partial charge is 0.333 e. The molecule has 0 unspecified atom stereocenters. The van der Waals surface area contributed by atoms with Gasteiger partial charge in [-0.05, 0) is 43.7 Å². The smallest absolute Gasteiger partial charge is 0.237 e. The number of nitriles is 1. The van der Waals surface area contributed by atoms with Crippen molar-refractivity contribution in [3.8, 4) is 6.07 Å². The van der Waals surface area contributed by atoms with E-state index in [2.05, 4.69) is 21.4 Å². The lowest BCUT2D eigenvalue weighted by Gasteiger charge is -2.11. The quantitative estimate of drug-likeness (QED) is 0.709. The van der Waals surface area contributed by atoms with Crippen molar-refractivity contribution < 1.29 is 4.79 Å². The van der Waals surface area contributed by atoms with Crippen LogP contribution in [0.25, 0.3) is 11.0 Å². The van der Waals surface area contributed by atoms with Gasteiger partial charge in [-0.2, -0.15) is 5.26 Å². The van der Waals surface area contributed by atoms with Crippen LogP contribution in [0, 0.1) is 18.3 Å². The van der Waals surface area contributed by atoms with E-state index < -0.39 is 0 Å². The number of anilines is 1. The van der Waals surface area contributed by atoms with Gasteiger partial charge < -0.3 is 10.3 Å². The maximum absolute atomic E-state index is 12.4. The third-order valence-electron chi connectivity index (χ3n) is 3.58. The van der Waals surface area contributed by atoms with Crippen LogP contribution in [0.1, 0.15) is 18.1 Å². The molecule has 0 fully saturated rings. The molecule has 3 rings (SSSR count). The second-order valence-electron chi connectivity index (χ2n) is 5.47. The van der Waals surface area contributed by atoms with E-state index in [9.17, 15) is 4.79 Å². The van der Waals surface area contributed by atoms with Crippen molar-refractivity contribution in [3.05, 3.63) is 53.6 Å². The van der Waals surface area contributed by atoms with Crippen molar-refractivity contribution in [2.24, 2.45) is 0 Å². The Hall–Kier alpha value is -2.78.